The van der Waals surface area contributed by atoms with E-state index in [4.69, 9.17) is 6.42 Å². The van der Waals surface area contributed by atoms with E-state index in [-0.39, 0.29) is 0 Å². The number of terminal acetylenes is 1. The van der Waals surface area contributed by atoms with E-state index in [0.717, 1.165) is 23.4 Å². The zero-order chi connectivity index (χ0) is 11.0. The first kappa shape index (κ1) is 12.9. The van der Waals surface area contributed by atoms with Gasteiger partial charge in [-0.05, 0) is 43.4 Å². The van der Waals surface area contributed by atoms with Crippen LogP contribution in [0.25, 0.3) is 0 Å². The second-order valence-electron chi connectivity index (χ2n) is 2.91. The Balaban J connectivity index is 4.78. The van der Waals surface area contributed by atoms with Crippen molar-refractivity contribution >= 4 is 12.6 Å². The van der Waals surface area contributed by atoms with Crippen LogP contribution in [-0.2, 0) is 0 Å². The van der Waals surface area contributed by atoms with Crippen LogP contribution in [0.4, 0.5) is 0 Å². The van der Waals surface area contributed by atoms with E-state index in [1.807, 2.05) is 32.9 Å². The largest absolute Gasteiger partial charge is 0.379 e. The molecule has 0 heterocycles. The van der Waals surface area contributed by atoms with Crippen LogP contribution < -0.4 is 5.32 Å². The van der Waals surface area contributed by atoms with Crippen LogP contribution in [0.5, 0.6) is 0 Å². The maximum absolute atomic E-state index is 5.34. The first-order valence-electron chi connectivity index (χ1n) is 4.56. The fourth-order valence-electron chi connectivity index (χ4n) is 0.908. The molecule has 1 N–H and O–H groups in total. The van der Waals surface area contributed by atoms with Crippen molar-refractivity contribution in [3.63, 3.8) is 0 Å². The Hall–Kier alpha value is -1.07. The molecule has 2 heteroatoms. The standard InChI is InChI=1S/C12H17NS/c1-5-12(13-6-2)9-11(4)10(3)7-8-14/h1,7-9,13-14H,6H2,2-4H3/b8-7-,11-10+,12-9-. The first-order valence-corrected chi connectivity index (χ1v) is 5.07. The average molecular weight is 207 g/mol. The summed E-state index contributed by atoms with van der Waals surface area (Å²) < 4.78 is 0. The van der Waals surface area contributed by atoms with Gasteiger partial charge in [0, 0.05) is 6.54 Å². The van der Waals surface area contributed by atoms with Crippen molar-refractivity contribution in [3.05, 3.63) is 34.4 Å². The Bertz CT molecular complexity index is 303. The fourth-order valence-corrected chi connectivity index (χ4v) is 1.13. The molecule has 0 aliphatic carbocycles. The molecule has 0 bridgehead atoms. The van der Waals surface area contributed by atoms with Gasteiger partial charge < -0.3 is 5.32 Å². The average Bonchev–Trinajstić information content (AvgIpc) is 2.17. The van der Waals surface area contributed by atoms with Gasteiger partial charge in [-0.3, -0.25) is 0 Å². The van der Waals surface area contributed by atoms with Crippen molar-refractivity contribution in [2.24, 2.45) is 0 Å². The molecule has 0 atom stereocenters. The molecule has 0 aromatic carbocycles. The van der Waals surface area contributed by atoms with Gasteiger partial charge in [0.25, 0.3) is 0 Å². The predicted octanol–water partition coefficient (Wildman–Crippen LogP) is 2.89. The van der Waals surface area contributed by atoms with Crippen LogP contribution in [0.15, 0.2) is 34.4 Å². The Labute approximate surface area is 92.4 Å². The smallest absolute Gasteiger partial charge is 0.0853 e. The van der Waals surface area contributed by atoms with Crippen LogP contribution in [0.2, 0.25) is 0 Å². The highest BCUT2D eigenvalue weighted by Gasteiger charge is 1.92. The Morgan fingerprint density at radius 1 is 1.43 bits per heavy atom. The Morgan fingerprint density at radius 2 is 2.07 bits per heavy atom. The number of thiol groups is 1. The van der Waals surface area contributed by atoms with Crippen molar-refractivity contribution in [1.29, 1.82) is 0 Å². The molecule has 14 heavy (non-hydrogen) atoms. The summed E-state index contributed by atoms with van der Waals surface area (Å²) in [6, 6.07) is 0. The number of hydrogen-bond acceptors (Lipinski definition) is 2. The molecule has 76 valence electrons. The molecule has 0 spiro atoms. The molecule has 0 aromatic heterocycles. The minimum Gasteiger partial charge on any atom is -0.379 e. The highest BCUT2D eigenvalue weighted by Crippen LogP contribution is 2.08. The molecule has 0 rings (SSSR count). The van der Waals surface area contributed by atoms with Gasteiger partial charge in [0.05, 0.1) is 5.70 Å². The van der Waals surface area contributed by atoms with Crippen molar-refractivity contribution in [2.45, 2.75) is 20.8 Å². The molecule has 0 aliphatic heterocycles. The zero-order valence-corrected chi connectivity index (χ0v) is 9.86. The van der Waals surface area contributed by atoms with Crippen molar-refractivity contribution < 1.29 is 0 Å². The van der Waals surface area contributed by atoms with E-state index >= 15 is 0 Å². The molecule has 0 aliphatic rings. The fraction of sp³-hybridized carbons (Fsp3) is 0.333. The van der Waals surface area contributed by atoms with Crippen molar-refractivity contribution in [3.8, 4) is 12.3 Å². The lowest BCUT2D eigenvalue weighted by Gasteiger charge is -2.03. The molecule has 0 saturated heterocycles. The summed E-state index contributed by atoms with van der Waals surface area (Å²) in [5.74, 6) is 2.60. The summed E-state index contributed by atoms with van der Waals surface area (Å²) in [7, 11) is 0. The van der Waals surface area contributed by atoms with E-state index in [1.54, 1.807) is 5.41 Å². The van der Waals surface area contributed by atoms with Gasteiger partial charge in [-0.15, -0.1) is 6.42 Å². The predicted molar refractivity (Wildman–Crippen MR) is 67.1 cm³/mol. The molecule has 0 saturated carbocycles. The summed E-state index contributed by atoms with van der Waals surface area (Å²) in [6.45, 7) is 6.91. The maximum Gasteiger partial charge on any atom is 0.0853 e. The summed E-state index contributed by atoms with van der Waals surface area (Å²) in [4.78, 5) is 0. The van der Waals surface area contributed by atoms with E-state index in [0.29, 0.717) is 0 Å². The second-order valence-corrected chi connectivity index (χ2v) is 3.21. The number of hydrogen-bond donors (Lipinski definition) is 2. The SMILES string of the molecule is C#C/C(=C/C(C)=C(C)/C=C\S)NCC. The number of allylic oxidation sites excluding steroid dienone is 5. The third kappa shape index (κ3) is 4.84. The highest BCUT2D eigenvalue weighted by molar-refractivity contribution is 7.83. The summed E-state index contributed by atoms with van der Waals surface area (Å²) >= 11 is 4.02. The van der Waals surface area contributed by atoms with Crippen LogP contribution in [0.3, 0.4) is 0 Å². The van der Waals surface area contributed by atoms with E-state index in [9.17, 15) is 0 Å². The normalized spacial score (nSPS) is 13.8. The van der Waals surface area contributed by atoms with Gasteiger partial charge in [-0.2, -0.15) is 12.6 Å². The van der Waals surface area contributed by atoms with E-state index in [2.05, 4.69) is 23.9 Å². The zero-order valence-electron chi connectivity index (χ0n) is 8.96. The van der Waals surface area contributed by atoms with Crippen LogP contribution in [0, 0.1) is 12.3 Å². The van der Waals surface area contributed by atoms with Crippen LogP contribution in [0.1, 0.15) is 20.8 Å². The van der Waals surface area contributed by atoms with Crippen molar-refractivity contribution in [2.75, 3.05) is 6.54 Å². The third-order valence-electron chi connectivity index (χ3n) is 1.83. The van der Waals surface area contributed by atoms with Crippen molar-refractivity contribution in [1.82, 2.24) is 5.32 Å². The van der Waals surface area contributed by atoms with Gasteiger partial charge in [0.15, 0.2) is 0 Å². The summed E-state index contributed by atoms with van der Waals surface area (Å²) in [6.07, 6.45) is 9.25. The van der Waals surface area contributed by atoms with Gasteiger partial charge in [0.1, 0.15) is 0 Å². The molecule has 0 radical (unpaired) electrons. The molecule has 0 fully saturated rings. The topological polar surface area (TPSA) is 12.0 Å². The molecule has 0 aromatic rings. The quantitative estimate of drug-likeness (QED) is 0.410. The van der Waals surface area contributed by atoms with Gasteiger partial charge in [0.2, 0.25) is 0 Å². The number of rotatable bonds is 4. The molecule has 0 unspecified atom stereocenters. The third-order valence-corrected chi connectivity index (χ3v) is 1.98. The summed E-state index contributed by atoms with van der Waals surface area (Å²) in [5, 5.41) is 4.83. The summed E-state index contributed by atoms with van der Waals surface area (Å²) in [5.41, 5.74) is 3.12. The minimum atomic E-state index is 0.817. The first-order chi connectivity index (χ1) is 6.65. The number of nitrogens with one attached hydrogen (secondary N) is 1. The lowest BCUT2D eigenvalue weighted by molar-refractivity contribution is 0.884. The van der Waals surface area contributed by atoms with E-state index in [1.165, 1.54) is 0 Å². The van der Waals surface area contributed by atoms with Gasteiger partial charge >= 0.3 is 0 Å². The van der Waals surface area contributed by atoms with E-state index < -0.39 is 0 Å². The molecule has 0 amide bonds. The molecular weight excluding hydrogens is 190 g/mol. The lowest BCUT2D eigenvalue weighted by atomic mass is 10.1. The molecule has 1 nitrogen and oxygen atoms in total. The Kier molecular flexibility index (Phi) is 6.78. The highest BCUT2D eigenvalue weighted by atomic mass is 32.1. The van der Waals surface area contributed by atoms with Gasteiger partial charge in [-0.1, -0.05) is 12.0 Å². The Morgan fingerprint density at radius 3 is 2.50 bits per heavy atom. The molecular formula is C12H17NS. The van der Waals surface area contributed by atoms with Gasteiger partial charge in [-0.25, -0.2) is 0 Å². The lowest BCUT2D eigenvalue weighted by Crippen LogP contribution is -2.10. The minimum absolute atomic E-state index is 0.817. The van der Waals surface area contributed by atoms with Crippen LogP contribution in [-0.4, -0.2) is 6.54 Å². The van der Waals surface area contributed by atoms with Crippen LogP contribution >= 0.6 is 12.6 Å². The maximum atomic E-state index is 5.34. The second kappa shape index (κ2) is 7.34. The monoisotopic (exact) mass is 207 g/mol.